The molecule has 2 rings (SSSR count). The van der Waals surface area contributed by atoms with Crippen LogP contribution in [0.1, 0.15) is 26.7 Å². The van der Waals surface area contributed by atoms with Crippen LogP contribution in [0.4, 0.5) is 5.82 Å². The van der Waals surface area contributed by atoms with Crippen LogP contribution in [0.25, 0.3) is 11.0 Å². The SMILES string of the molecule is CC(C)OCCCCNc1nccc2c1ncn2C. The minimum Gasteiger partial charge on any atom is -0.379 e. The highest BCUT2D eigenvalue weighted by Gasteiger charge is 2.05. The van der Waals surface area contributed by atoms with Crippen molar-refractivity contribution in [3.8, 4) is 0 Å². The maximum absolute atomic E-state index is 5.51. The van der Waals surface area contributed by atoms with Gasteiger partial charge in [-0.2, -0.15) is 0 Å². The summed E-state index contributed by atoms with van der Waals surface area (Å²) in [5, 5.41) is 3.35. The van der Waals surface area contributed by atoms with Gasteiger partial charge in [0, 0.05) is 26.4 Å². The third-order valence-electron chi connectivity index (χ3n) is 2.96. The molecule has 0 unspecified atom stereocenters. The molecule has 0 fully saturated rings. The van der Waals surface area contributed by atoms with Gasteiger partial charge < -0.3 is 14.6 Å². The molecular weight excluding hydrogens is 240 g/mol. The number of aromatic nitrogens is 3. The lowest BCUT2D eigenvalue weighted by Crippen LogP contribution is -2.08. The summed E-state index contributed by atoms with van der Waals surface area (Å²) in [5.41, 5.74) is 2.03. The quantitative estimate of drug-likeness (QED) is 0.779. The highest BCUT2D eigenvalue weighted by molar-refractivity contribution is 5.85. The number of pyridine rings is 1. The number of unbranched alkanes of at least 4 members (excludes halogenated alkanes) is 1. The summed E-state index contributed by atoms with van der Waals surface area (Å²) in [5.74, 6) is 0.864. The summed E-state index contributed by atoms with van der Waals surface area (Å²) in [4.78, 5) is 8.72. The molecular formula is C14H22N4O. The van der Waals surface area contributed by atoms with Gasteiger partial charge >= 0.3 is 0 Å². The molecule has 2 heterocycles. The van der Waals surface area contributed by atoms with Gasteiger partial charge in [0.1, 0.15) is 5.52 Å². The molecule has 0 spiro atoms. The number of hydrogen-bond acceptors (Lipinski definition) is 4. The zero-order valence-electron chi connectivity index (χ0n) is 11.9. The van der Waals surface area contributed by atoms with E-state index in [0.717, 1.165) is 42.8 Å². The van der Waals surface area contributed by atoms with Gasteiger partial charge in [-0.05, 0) is 32.8 Å². The number of rotatable bonds is 7. The van der Waals surface area contributed by atoms with Crippen molar-refractivity contribution in [1.29, 1.82) is 0 Å². The highest BCUT2D eigenvalue weighted by Crippen LogP contribution is 2.18. The molecule has 104 valence electrons. The number of hydrogen-bond donors (Lipinski definition) is 1. The first-order valence-corrected chi connectivity index (χ1v) is 6.80. The van der Waals surface area contributed by atoms with Gasteiger partial charge in [0.25, 0.3) is 0 Å². The van der Waals surface area contributed by atoms with Crippen LogP contribution in [0.3, 0.4) is 0 Å². The topological polar surface area (TPSA) is 52.0 Å². The molecule has 0 amide bonds. The number of nitrogens with zero attached hydrogens (tertiary/aromatic N) is 3. The van der Waals surface area contributed by atoms with E-state index in [1.807, 2.05) is 30.2 Å². The average Bonchev–Trinajstić information content (AvgIpc) is 2.76. The third-order valence-corrected chi connectivity index (χ3v) is 2.96. The number of nitrogens with one attached hydrogen (secondary N) is 1. The van der Waals surface area contributed by atoms with Gasteiger partial charge in [-0.15, -0.1) is 0 Å². The van der Waals surface area contributed by atoms with Gasteiger partial charge in [0.2, 0.25) is 0 Å². The molecule has 0 aromatic carbocycles. The third kappa shape index (κ3) is 3.67. The first-order chi connectivity index (χ1) is 9.18. The fourth-order valence-corrected chi connectivity index (χ4v) is 1.94. The Morgan fingerprint density at radius 1 is 1.32 bits per heavy atom. The van der Waals surface area contributed by atoms with E-state index in [-0.39, 0.29) is 0 Å². The van der Waals surface area contributed by atoms with Crippen molar-refractivity contribution in [3.05, 3.63) is 18.6 Å². The minimum absolute atomic E-state index is 0.317. The Labute approximate surface area is 114 Å². The Morgan fingerprint density at radius 3 is 2.95 bits per heavy atom. The molecule has 0 saturated carbocycles. The van der Waals surface area contributed by atoms with E-state index in [4.69, 9.17) is 4.74 Å². The van der Waals surface area contributed by atoms with Crippen molar-refractivity contribution in [2.75, 3.05) is 18.5 Å². The Bertz CT molecular complexity index is 521. The standard InChI is InChI=1S/C14H22N4O/c1-11(2)19-9-5-4-7-15-14-13-12(6-8-16-14)18(3)10-17-13/h6,8,10-11H,4-5,7,9H2,1-3H3,(H,15,16). The Balaban J connectivity index is 1.82. The number of anilines is 1. The first kappa shape index (κ1) is 13.8. The van der Waals surface area contributed by atoms with E-state index < -0.39 is 0 Å². The molecule has 2 aromatic rings. The van der Waals surface area contributed by atoms with Crippen LogP contribution in [-0.2, 0) is 11.8 Å². The molecule has 5 heteroatoms. The Morgan fingerprint density at radius 2 is 2.16 bits per heavy atom. The molecule has 2 aromatic heterocycles. The van der Waals surface area contributed by atoms with Crippen LogP contribution >= 0.6 is 0 Å². The molecule has 0 saturated heterocycles. The predicted molar refractivity (Wildman–Crippen MR) is 77.3 cm³/mol. The molecule has 19 heavy (non-hydrogen) atoms. The lowest BCUT2D eigenvalue weighted by molar-refractivity contribution is 0.0765. The fraction of sp³-hybridized carbons (Fsp3) is 0.571. The van der Waals surface area contributed by atoms with Crippen molar-refractivity contribution < 1.29 is 4.74 Å². The summed E-state index contributed by atoms with van der Waals surface area (Å²) < 4.78 is 7.51. The van der Waals surface area contributed by atoms with E-state index in [9.17, 15) is 0 Å². The van der Waals surface area contributed by atoms with Crippen LogP contribution in [0.5, 0.6) is 0 Å². The average molecular weight is 262 g/mol. The zero-order chi connectivity index (χ0) is 13.7. The maximum atomic E-state index is 5.51. The number of fused-ring (bicyclic) bond motifs is 1. The molecule has 1 N–H and O–H groups in total. The zero-order valence-corrected chi connectivity index (χ0v) is 11.9. The van der Waals surface area contributed by atoms with Crippen molar-refractivity contribution in [2.45, 2.75) is 32.8 Å². The monoisotopic (exact) mass is 262 g/mol. The first-order valence-electron chi connectivity index (χ1n) is 6.80. The Hall–Kier alpha value is -1.62. The van der Waals surface area contributed by atoms with E-state index in [0.29, 0.717) is 6.10 Å². The van der Waals surface area contributed by atoms with Crippen molar-refractivity contribution >= 4 is 16.9 Å². The van der Waals surface area contributed by atoms with Crippen LogP contribution < -0.4 is 5.32 Å². The van der Waals surface area contributed by atoms with Gasteiger partial charge in [-0.3, -0.25) is 0 Å². The number of imidazole rings is 1. The summed E-state index contributed by atoms with van der Waals surface area (Å²) in [7, 11) is 1.99. The summed E-state index contributed by atoms with van der Waals surface area (Å²) in [6.07, 6.45) is 6.07. The van der Waals surface area contributed by atoms with E-state index in [1.54, 1.807) is 0 Å². The second-order valence-electron chi connectivity index (χ2n) is 4.94. The van der Waals surface area contributed by atoms with Crippen molar-refractivity contribution in [2.24, 2.45) is 7.05 Å². The largest absolute Gasteiger partial charge is 0.379 e. The molecule has 0 aliphatic carbocycles. The number of aryl methyl sites for hydroxylation is 1. The second-order valence-corrected chi connectivity index (χ2v) is 4.94. The predicted octanol–water partition coefficient (Wildman–Crippen LogP) is 2.59. The molecule has 5 nitrogen and oxygen atoms in total. The normalized spacial score (nSPS) is 11.4. The highest BCUT2D eigenvalue weighted by atomic mass is 16.5. The van der Waals surface area contributed by atoms with Crippen LogP contribution in [0.15, 0.2) is 18.6 Å². The minimum atomic E-state index is 0.317. The van der Waals surface area contributed by atoms with E-state index in [2.05, 4.69) is 29.1 Å². The second kappa shape index (κ2) is 6.52. The summed E-state index contributed by atoms with van der Waals surface area (Å²) >= 11 is 0. The van der Waals surface area contributed by atoms with Crippen LogP contribution in [-0.4, -0.2) is 33.8 Å². The molecule has 0 aliphatic heterocycles. The molecule has 0 aliphatic rings. The lowest BCUT2D eigenvalue weighted by atomic mass is 10.3. The molecule has 0 radical (unpaired) electrons. The van der Waals surface area contributed by atoms with Gasteiger partial charge in [0.05, 0.1) is 17.9 Å². The fourth-order valence-electron chi connectivity index (χ4n) is 1.94. The van der Waals surface area contributed by atoms with E-state index >= 15 is 0 Å². The van der Waals surface area contributed by atoms with E-state index in [1.165, 1.54) is 0 Å². The lowest BCUT2D eigenvalue weighted by Gasteiger charge is -2.08. The maximum Gasteiger partial charge on any atom is 0.154 e. The van der Waals surface area contributed by atoms with Crippen molar-refractivity contribution in [1.82, 2.24) is 14.5 Å². The molecule has 0 bridgehead atoms. The summed E-state index contributed by atoms with van der Waals surface area (Å²) in [6, 6.07) is 1.98. The Kier molecular flexibility index (Phi) is 4.74. The van der Waals surface area contributed by atoms with Gasteiger partial charge in [-0.1, -0.05) is 0 Å². The molecule has 0 atom stereocenters. The van der Waals surface area contributed by atoms with Crippen molar-refractivity contribution in [3.63, 3.8) is 0 Å². The van der Waals surface area contributed by atoms with Gasteiger partial charge in [0.15, 0.2) is 5.82 Å². The van der Waals surface area contributed by atoms with Crippen LogP contribution in [0, 0.1) is 0 Å². The van der Waals surface area contributed by atoms with Crippen LogP contribution in [0.2, 0.25) is 0 Å². The summed E-state index contributed by atoms with van der Waals surface area (Å²) in [6.45, 7) is 5.83. The smallest absolute Gasteiger partial charge is 0.154 e. The number of ether oxygens (including phenoxy) is 1. The van der Waals surface area contributed by atoms with Gasteiger partial charge in [-0.25, -0.2) is 9.97 Å².